The molecule has 0 atom stereocenters. The van der Waals surface area contributed by atoms with Crippen molar-refractivity contribution >= 4 is 34.8 Å². The molecule has 0 unspecified atom stereocenters. The van der Waals surface area contributed by atoms with Gasteiger partial charge in [-0.25, -0.2) is 4.79 Å². The predicted molar refractivity (Wildman–Crippen MR) is 88.5 cm³/mol. The minimum absolute atomic E-state index is 0.348. The Bertz CT molecular complexity index is 753. The number of hydrogen-bond donors (Lipinski definition) is 3. The van der Waals surface area contributed by atoms with Crippen molar-refractivity contribution < 1.29 is 19.8 Å². The third-order valence-corrected chi connectivity index (χ3v) is 3.30. The number of halogens is 1. The molecule has 0 fully saturated rings. The molecule has 2 rings (SSSR count). The highest BCUT2D eigenvalue weighted by molar-refractivity contribution is 6.38. The van der Waals surface area contributed by atoms with Gasteiger partial charge >= 0.3 is 5.97 Å². The summed E-state index contributed by atoms with van der Waals surface area (Å²) >= 11 is 5.82. The van der Waals surface area contributed by atoms with Gasteiger partial charge in [0.25, 0.3) is 5.78 Å². The van der Waals surface area contributed by atoms with Crippen LogP contribution in [0.2, 0.25) is 5.02 Å². The van der Waals surface area contributed by atoms with Crippen molar-refractivity contribution in [2.75, 3.05) is 5.32 Å². The van der Waals surface area contributed by atoms with Crippen LogP contribution in [0.3, 0.4) is 0 Å². The van der Waals surface area contributed by atoms with Crippen molar-refractivity contribution in [3.8, 4) is 0 Å². The molecule has 5 nitrogen and oxygen atoms in total. The average Bonchev–Trinajstić information content (AvgIpc) is 2.54. The maximum absolute atomic E-state index is 11.1. The summed E-state index contributed by atoms with van der Waals surface area (Å²) in [5.74, 6) is -3.19. The number of aliphatic hydroxyl groups excluding tert-OH is 1. The van der Waals surface area contributed by atoms with Gasteiger partial charge in [0.15, 0.2) is 0 Å². The van der Waals surface area contributed by atoms with Crippen LogP contribution in [0.25, 0.3) is 5.76 Å². The van der Waals surface area contributed by atoms with E-state index in [2.05, 4.69) is 5.32 Å². The average molecular weight is 332 g/mol. The van der Waals surface area contributed by atoms with Gasteiger partial charge in [-0.1, -0.05) is 35.9 Å². The zero-order chi connectivity index (χ0) is 16.8. The molecule has 0 aromatic heterocycles. The lowest BCUT2D eigenvalue weighted by Gasteiger charge is -2.08. The Kier molecular flexibility index (Phi) is 5.38. The van der Waals surface area contributed by atoms with E-state index in [0.29, 0.717) is 23.2 Å². The van der Waals surface area contributed by atoms with Gasteiger partial charge in [0.05, 0.1) is 0 Å². The summed E-state index contributed by atoms with van der Waals surface area (Å²) in [4.78, 5) is 21.6. The number of carboxylic acids is 1. The van der Waals surface area contributed by atoms with Crippen molar-refractivity contribution in [3.05, 3.63) is 70.8 Å². The van der Waals surface area contributed by atoms with Gasteiger partial charge in [0.1, 0.15) is 5.76 Å². The molecule has 3 N–H and O–H groups in total. The summed E-state index contributed by atoms with van der Waals surface area (Å²) in [5, 5.41) is 22.2. The number of anilines is 1. The molecular weight excluding hydrogens is 318 g/mol. The first-order valence-electron chi connectivity index (χ1n) is 6.72. The molecule has 23 heavy (non-hydrogen) atoms. The standard InChI is InChI=1S/C17H14ClNO4/c18-13-6-4-11(5-7-13)10-19-14-3-1-2-12(8-14)15(20)9-16(21)17(22)23/h1-9,19-20H,10H2,(H,22,23). The molecule has 0 amide bonds. The van der Waals surface area contributed by atoms with Gasteiger partial charge in [-0.05, 0) is 29.8 Å². The van der Waals surface area contributed by atoms with Gasteiger partial charge in [-0.3, -0.25) is 4.79 Å². The second-order valence-corrected chi connectivity index (χ2v) is 5.20. The summed E-state index contributed by atoms with van der Waals surface area (Å²) in [5.41, 5.74) is 2.10. The van der Waals surface area contributed by atoms with Gasteiger partial charge in [-0.2, -0.15) is 0 Å². The molecule has 0 bridgehead atoms. The van der Waals surface area contributed by atoms with Crippen LogP contribution in [-0.2, 0) is 16.1 Å². The lowest BCUT2D eigenvalue weighted by Crippen LogP contribution is -2.09. The van der Waals surface area contributed by atoms with Crippen LogP contribution in [0, 0.1) is 0 Å². The topological polar surface area (TPSA) is 86.6 Å². The van der Waals surface area contributed by atoms with E-state index in [1.54, 1.807) is 36.4 Å². The fraction of sp³-hybridized carbons (Fsp3) is 0.0588. The number of carboxylic acid groups (broad SMARTS) is 1. The van der Waals surface area contributed by atoms with Crippen molar-refractivity contribution in [2.45, 2.75) is 6.54 Å². The van der Waals surface area contributed by atoms with Crippen LogP contribution in [0.1, 0.15) is 11.1 Å². The van der Waals surface area contributed by atoms with Crippen molar-refractivity contribution in [1.82, 2.24) is 0 Å². The Labute approximate surface area is 137 Å². The Balaban J connectivity index is 2.09. The summed E-state index contributed by atoms with van der Waals surface area (Å²) in [6.45, 7) is 0.555. The van der Waals surface area contributed by atoms with E-state index >= 15 is 0 Å². The molecule has 0 saturated heterocycles. The van der Waals surface area contributed by atoms with Gasteiger partial charge in [0, 0.05) is 28.9 Å². The van der Waals surface area contributed by atoms with E-state index in [-0.39, 0.29) is 0 Å². The van der Waals surface area contributed by atoms with Crippen molar-refractivity contribution in [1.29, 1.82) is 0 Å². The molecule has 118 valence electrons. The molecule has 0 radical (unpaired) electrons. The van der Waals surface area contributed by atoms with E-state index in [9.17, 15) is 14.7 Å². The van der Waals surface area contributed by atoms with E-state index < -0.39 is 17.5 Å². The smallest absolute Gasteiger partial charge is 0.376 e. The number of aliphatic hydroxyl groups is 1. The second-order valence-electron chi connectivity index (χ2n) is 4.76. The fourth-order valence-corrected chi connectivity index (χ4v) is 1.99. The normalized spacial score (nSPS) is 11.1. The number of aliphatic carboxylic acids is 1. The molecular formula is C17H14ClNO4. The molecule has 2 aromatic carbocycles. The third-order valence-electron chi connectivity index (χ3n) is 3.05. The van der Waals surface area contributed by atoms with E-state index in [0.717, 1.165) is 11.3 Å². The molecule has 6 heteroatoms. The van der Waals surface area contributed by atoms with Crippen molar-refractivity contribution in [2.24, 2.45) is 0 Å². The quantitative estimate of drug-likeness (QED) is 0.428. The van der Waals surface area contributed by atoms with Crippen LogP contribution >= 0.6 is 11.6 Å². The van der Waals surface area contributed by atoms with Gasteiger partial charge in [0.2, 0.25) is 0 Å². The Morgan fingerprint density at radius 3 is 2.43 bits per heavy atom. The highest BCUT2D eigenvalue weighted by Crippen LogP contribution is 2.18. The number of nitrogens with one attached hydrogen (secondary N) is 1. The van der Waals surface area contributed by atoms with Crippen LogP contribution in [0.4, 0.5) is 5.69 Å². The summed E-state index contributed by atoms with van der Waals surface area (Å²) in [7, 11) is 0. The largest absolute Gasteiger partial charge is 0.507 e. The summed E-state index contributed by atoms with van der Waals surface area (Å²) in [6, 6.07) is 14.1. The zero-order valence-electron chi connectivity index (χ0n) is 12.0. The van der Waals surface area contributed by atoms with E-state index in [1.165, 1.54) is 0 Å². The van der Waals surface area contributed by atoms with Crippen LogP contribution < -0.4 is 5.32 Å². The summed E-state index contributed by atoms with van der Waals surface area (Å²) < 4.78 is 0. The Hall–Kier alpha value is -2.79. The lowest BCUT2D eigenvalue weighted by atomic mass is 10.1. The second kappa shape index (κ2) is 7.47. The molecule has 2 aromatic rings. The maximum Gasteiger partial charge on any atom is 0.376 e. The number of benzene rings is 2. The van der Waals surface area contributed by atoms with Crippen LogP contribution in [0.15, 0.2) is 54.6 Å². The first-order valence-corrected chi connectivity index (χ1v) is 7.10. The van der Waals surface area contributed by atoms with Crippen LogP contribution in [0.5, 0.6) is 0 Å². The SMILES string of the molecule is O=C(O)C(=O)C=C(O)c1cccc(NCc2ccc(Cl)cc2)c1. The first kappa shape index (κ1) is 16.6. The number of carbonyl (C=O) groups is 2. The van der Waals surface area contributed by atoms with E-state index in [1.807, 2.05) is 12.1 Å². The van der Waals surface area contributed by atoms with Gasteiger partial charge in [-0.15, -0.1) is 0 Å². The molecule has 0 spiro atoms. The van der Waals surface area contributed by atoms with Gasteiger partial charge < -0.3 is 15.5 Å². The minimum Gasteiger partial charge on any atom is -0.507 e. The van der Waals surface area contributed by atoms with E-state index in [4.69, 9.17) is 16.7 Å². The lowest BCUT2D eigenvalue weighted by molar-refractivity contribution is -0.146. The summed E-state index contributed by atoms with van der Waals surface area (Å²) in [6.07, 6.45) is 0.681. The fourth-order valence-electron chi connectivity index (χ4n) is 1.86. The maximum atomic E-state index is 11.1. The predicted octanol–water partition coefficient (Wildman–Crippen LogP) is 3.50. The van der Waals surface area contributed by atoms with Crippen molar-refractivity contribution in [3.63, 3.8) is 0 Å². The number of rotatable bonds is 6. The number of ketones is 1. The Morgan fingerprint density at radius 2 is 1.78 bits per heavy atom. The minimum atomic E-state index is -1.62. The highest BCUT2D eigenvalue weighted by atomic mass is 35.5. The molecule has 0 aliphatic rings. The first-order chi connectivity index (χ1) is 11.0. The molecule has 0 aliphatic heterocycles. The molecule has 0 heterocycles. The van der Waals surface area contributed by atoms with Crippen LogP contribution in [-0.4, -0.2) is 22.0 Å². The number of carbonyl (C=O) groups excluding carboxylic acids is 1. The highest BCUT2D eigenvalue weighted by Gasteiger charge is 2.10. The zero-order valence-corrected chi connectivity index (χ0v) is 12.7. The molecule has 0 saturated carbocycles. The Morgan fingerprint density at radius 1 is 1.09 bits per heavy atom. The monoisotopic (exact) mass is 331 g/mol. The molecule has 0 aliphatic carbocycles. The number of hydrogen-bond acceptors (Lipinski definition) is 4. The third kappa shape index (κ3) is 4.86.